The molecular weight excluding hydrogens is 269 g/mol. The molecule has 0 atom stereocenters. The van der Waals surface area contributed by atoms with Crippen molar-refractivity contribution in [1.82, 2.24) is 10.3 Å². The first-order chi connectivity index (χ1) is 9.47. The van der Waals surface area contributed by atoms with Gasteiger partial charge in [-0.2, -0.15) is 13.2 Å². The van der Waals surface area contributed by atoms with Crippen molar-refractivity contribution in [2.75, 3.05) is 13.1 Å². The van der Waals surface area contributed by atoms with Gasteiger partial charge in [0.25, 0.3) is 0 Å². The third kappa shape index (κ3) is 2.75. The molecule has 1 aliphatic heterocycles. The van der Waals surface area contributed by atoms with Crippen LogP contribution >= 0.6 is 0 Å². The van der Waals surface area contributed by atoms with Crippen LogP contribution in [0.3, 0.4) is 0 Å². The summed E-state index contributed by atoms with van der Waals surface area (Å²) in [6.45, 7) is 2.06. The molecule has 3 rings (SSSR count). The molecule has 0 radical (unpaired) electrons. The Morgan fingerprint density at radius 3 is 2.60 bits per heavy atom. The van der Waals surface area contributed by atoms with Crippen LogP contribution in [0.4, 0.5) is 13.2 Å². The first-order valence-corrected chi connectivity index (χ1v) is 6.88. The molecule has 0 aromatic carbocycles. The van der Waals surface area contributed by atoms with Gasteiger partial charge in [0.1, 0.15) is 11.4 Å². The van der Waals surface area contributed by atoms with Gasteiger partial charge in [0.2, 0.25) is 0 Å². The van der Waals surface area contributed by atoms with Gasteiger partial charge in [-0.3, -0.25) is 4.98 Å². The number of piperidine rings is 1. The fraction of sp³-hybridized carbons (Fsp3) is 0.643. The summed E-state index contributed by atoms with van der Waals surface area (Å²) in [6.07, 6.45) is 0.925. The van der Waals surface area contributed by atoms with Gasteiger partial charge in [-0.25, -0.2) is 0 Å². The standard InChI is InChI=1S/C14H17F3N2O/c15-14(16,17)12-7-10(1-4-19-12)20-11-8-13(9-11)2-5-18-6-3-13/h1,4,7,11,18H,2-3,5-6,8-9H2. The highest BCUT2D eigenvalue weighted by atomic mass is 19.4. The van der Waals surface area contributed by atoms with Crippen molar-refractivity contribution in [1.29, 1.82) is 0 Å². The second kappa shape index (κ2) is 4.91. The lowest BCUT2D eigenvalue weighted by Gasteiger charge is -2.49. The van der Waals surface area contributed by atoms with E-state index in [0.717, 1.165) is 51.0 Å². The van der Waals surface area contributed by atoms with Crippen LogP contribution in [0.1, 0.15) is 31.4 Å². The maximum atomic E-state index is 12.6. The molecule has 2 aliphatic rings. The van der Waals surface area contributed by atoms with Crippen molar-refractivity contribution >= 4 is 0 Å². The molecule has 110 valence electrons. The normalized spacial score (nSPS) is 22.6. The Labute approximate surface area is 115 Å². The van der Waals surface area contributed by atoms with Crippen molar-refractivity contribution in [3.8, 4) is 5.75 Å². The Hall–Kier alpha value is -1.30. The predicted octanol–water partition coefficient (Wildman–Crippen LogP) is 3.01. The Morgan fingerprint density at radius 1 is 1.25 bits per heavy atom. The fourth-order valence-electron chi connectivity index (χ4n) is 3.19. The van der Waals surface area contributed by atoms with Crippen LogP contribution in [-0.4, -0.2) is 24.2 Å². The molecule has 0 bridgehead atoms. The average molecular weight is 286 g/mol. The molecule has 1 saturated heterocycles. The quantitative estimate of drug-likeness (QED) is 0.907. The number of pyridine rings is 1. The number of aromatic nitrogens is 1. The third-order valence-electron chi connectivity index (χ3n) is 4.31. The molecule has 2 heterocycles. The molecule has 1 saturated carbocycles. The molecule has 6 heteroatoms. The number of nitrogens with zero attached hydrogens (tertiary/aromatic N) is 1. The van der Waals surface area contributed by atoms with E-state index in [0.29, 0.717) is 5.41 Å². The van der Waals surface area contributed by atoms with Crippen LogP contribution < -0.4 is 10.1 Å². The number of alkyl halides is 3. The summed E-state index contributed by atoms with van der Waals surface area (Å²) in [5.74, 6) is 0.265. The number of halogens is 3. The maximum absolute atomic E-state index is 12.6. The summed E-state index contributed by atoms with van der Waals surface area (Å²) in [5, 5.41) is 3.32. The highest BCUT2D eigenvalue weighted by Gasteiger charge is 2.46. The molecular formula is C14H17F3N2O. The molecule has 3 nitrogen and oxygen atoms in total. The molecule has 1 aromatic rings. The Balaban J connectivity index is 1.60. The van der Waals surface area contributed by atoms with Gasteiger partial charge >= 0.3 is 6.18 Å². The smallest absolute Gasteiger partial charge is 0.433 e. The van der Waals surface area contributed by atoms with E-state index in [1.165, 1.54) is 6.07 Å². The first-order valence-electron chi connectivity index (χ1n) is 6.88. The van der Waals surface area contributed by atoms with Gasteiger partial charge in [-0.15, -0.1) is 0 Å². The lowest BCUT2D eigenvalue weighted by molar-refractivity contribution is -0.141. The highest BCUT2D eigenvalue weighted by molar-refractivity contribution is 5.25. The fourth-order valence-corrected chi connectivity index (χ4v) is 3.19. The second-order valence-corrected chi connectivity index (χ2v) is 5.77. The minimum atomic E-state index is -4.42. The zero-order valence-corrected chi connectivity index (χ0v) is 11.0. The van der Waals surface area contributed by atoms with E-state index >= 15 is 0 Å². The predicted molar refractivity (Wildman–Crippen MR) is 67.4 cm³/mol. The minimum absolute atomic E-state index is 0.0385. The second-order valence-electron chi connectivity index (χ2n) is 5.77. The summed E-state index contributed by atoms with van der Waals surface area (Å²) >= 11 is 0. The maximum Gasteiger partial charge on any atom is 0.433 e. The monoisotopic (exact) mass is 286 g/mol. The molecule has 2 fully saturated rings. The molecule has 1 aliphatic carbocycles. The van der Waals surface area contributed by atoms with E-state index in [1.54, 1.807) is 0 Å². The van der Waals surface area contributed by atoms with Crippen LogP contribution in [0.2, 0.25) is 0 Å². The molecule has 1 spiro atoms. The van der Waals surface area contributed by atoms with Crippen LogP contribution in [0, 0.1) is 5.41 Å². The van der Waals surface area contributed by atoms with Gasteiger partial charge in [0.05, 0.1) is 6.10 Å². The average Bonchev–Trinajstić information content (AvgIpc) is 2.37. The number of rotatable bonds is 2. The lowest BCUT2D eigenvalue weighted by atomic mass is 9.62. The summed E-state index contributed by atoms with van der Waals surface area (Å²) in [4.78, 5) is 3.33. The first kappa shape index (κ1) is 13.7. The molecule has 1 N–H and O–H groups in total. The third-order valence-corrected chi connectivity index (χ3v) is 4.31. The Kier molecular flexibility index (Phi) is 3.36. The Bertz CT molecular complexity index is 476. The van der Waals surface area contributed by atoms with Crippen molar-refractivity contribution in [3.05, 3.63) is 24.0 Å². The summed E-state index contributed by atoms with van der Waals surface area (Å²) in [5.41, 5.74) is -0.540. The van der Waals surface area contributed by atoms with Crippen molar-refractivity contribution in [2.24, 2.45) is 5.41 Å². The summed E-state index contributed by atoms with van der Waals surface area (Å²) in [7, 11) is 0. The summed E-state index contributed by atoms with van der Waals surface area (Å²) < 4.78 is 43.3. The minimum Gasteiger partial charge on any atom is -0.490 e. The lowest BCUT2D eigenvalue weighted by Crippen LogP contribution is -2.49. The van der Waals surface area contributed by atoms with Gasteiger partial charge in [0, 0.05) is 12.3 Å². The Morgan fingerprint density at radius 2 is 1.95 bits per heavy atom. The van der Waals surface area contributed by atoms with Crippen LogP contribution in [0.15, 0.2) is 18.3 Å². The molecule has 0 unspecified atom stereocenters. The van der Waals surface area contributed by atoms with Gasteiger partial charge in [-0.05, 0) is 50.3 Å². The number of hydrogen-bond donors (Lipinski definition) is 1. The topological polar surface area (TPSA) is 34.1 Å². The largest absolute Gasteiger partial charge is 0.490 e. The van der Waals surface area contributed by atoms with Crippen LogP contribution in [0.25, 0.3) is 0 Å². The zero-order valence-electron chi connectivity index (χ0n) is 11.0. The van der Waals surface area contributed by atoms with E-state index in [9.17, 15) is 13.2 Å². The van der Waals surface area contributed by atoms with Crippen molar-refractivity contribution < 1.29 is 17.9 Å². The highest BCUT2D eigenvalue weighted by Crippen LogP contribution is 2.49. The summed E-state index contributed by atoms with van der Waals surface area (Å²) in [6, 6.07) is 2.47. The van der Waals surface area contributed by atoms with E-state index < -0.39 is 11.9 Å². The molecule has 0 amide bonds. The van der Waals surface area contributed by atoms with E-state index in [2.05, 4.69) is 10.3 Å². The van der Waals surface area contributed by atoms with Crippen molar-refractivity contribution in [3.63, 3.8) is 0 Å². The molecule has 20 heavy (non-hydrogen) atoms. The molecule has 1 aromatic heterocycles. The number of hydrogen-bond acceptors (Lipinski definition) is 3. The van der Waals surface area contributed by atoms with E-state index in [1.807, 2.05) is 0 Å². The van der Waals surface area contributed by atoms with Crippen LogP contribution in [0.5, 0.6) is 5.75 Å². The van der Waals surface area contributed by atoms with Gasteiger partial charge < -0.3 is 10.1 Å². The van der Waals surface area contributed by atoms with Crippen molar-refractivity contribution in [2.45, 2.75) is 38.0 Å². The zero-order chi connectivity index (χ0) is 14.2. The SMILES string of the molecule is FC(F)(F)c1cc(OC2CC3(CCNCC3)C2)ccn1. The van der Waals surface area contributed by atoms with Gasteiger partial charge in [0.15, 0.2) is 0 Å². The van der Waals surface area contributed by atoms with E-state index in [-0.39, 0.29) is 11.9 Å². The number of ether oxygens (including phenoxy) is 1. The van der Waals surface area contributed by atoms with Gasteiger partial charge in [-0.1, -0.05) is 0 Å². The van der Waals surface area contributed by atoms with Crippen LogP contribution in [-0.2, 0) is 6.18 Å². The van der Waals surface area contributed by atoms with E-state index in [4.69, 9.17) is 4.74 Å². The number of nitrogens with one attached hydrogen (secondary N) is 1.